The van der Waals surface area contributed by atoms with Crippen molar-refractivity contribution in [3.8, 4) is 0 Å². The Morgan fingerprint density at radius 3 is 2.46 bits per heavy atom. The first-order valence-electron chi connectivity index (χ1n) is 3.29. The summed E-state index contributed by atoms with van der Waals surface area (Å²) in [5.41, 5.74) is 0.973. The molecular formula is C7H6Br2O3S. The molecule has 0 saturated carbocycles. The molecular weight excluding hydrogens is 324 g/mol. The second-order valence-electron chi connectivity index (χ2n) is 2.45. The molecule has 0 fully saturated rings. The van der Waals surface area contributed by atoms with Crippen molar-refractivity contribution in [2.45, 2.75) is 11.8 Å². The molecule has 0 heterocycles. The van der Waals surface area contributed by atoms with Gasteiger partial charge in [-0.1, -0.05) is 6.07 Å². The van der Waals surface area contributed by atoms with Crippen LogP contribution in [0.15, 0.2) is 27.6 Å². The first-order chi connectivity index (χ1) is 5.97. The van der Waals surface area contributed by atoms with Crippen LogP contribution >= 0.6 is 32.2 Å². The van der Waals surface area contributed by atoms with Crippen LogP contribution in [0.2, 0.25) is 0 Å². The largest absolute Gasteiger partial charge is 0.308 e. The van der Waals surface area contributed by atoms with Crippen molar-refractivity contribution in [1.29, 1.82) is 0 Å². The Hall–Kier alpha value is 0.0900. The van der Waals surface area contributed by atoms with Gasteiger partial charge in [-0.25, -0.2) is 0 Å². The molecule has 0 aliphatic carbocycles. The maximum Gasteiger partial charge on any atom is 0.308 e. The molecule has 1 aromatic rings. The zero-order chi connectivity index (χ0) is 10.1. The molecule has 0 spiro atoms. The van der Waals surface area contributed by atoms with Crippen LogP contribution in [0.4, 0.5) is 0 Å². The number of hydrogen-bond donors (Lipinski definition) is 0. The highest BCUT2D eigenvalue weighted by Gasteiger charge is 2.17. The van der Waals surface area contributed by atoms with Crippen molar-refractivity contribution < 1.29 is 11.7 Å². The summed E-state index contributed by atoms with van der Waals surface area (Å²) in [6.45, 7) is 1.87. The van der Waals surface area contributed by atoms with E-state index in [1.807, 2.05) is 6.92 Å². The first kappa shape index (κ1) is 11.2. The molecule has 0 aliphatic heterocycles. The van der Waals surface area contributed by atoms with E-state index in [1.54, 1.807) is 12.1 Å². The van der Waals surface area contributed by atoms with Gasteiger partial charge in [-0.05, 0) is 40.5 Å². The van der Waals surface area contributed by atoms with Gasteiger partial charge in [-0.2, -0.15) is 11.7 Å². The van der Waals surface area contributed by atoms with E-state index >= 15 is 0 Å². The Balaban J connectivity index is 3.33. The maximum atomic E-state index is 11.2. The third-order valence-electron chi connectivity index (χ3n) is 1.44. The maximum absolute atomic E-state index is 11.2. The highest BCUT2D eigenvalue weighted by molar-refractivity contribution is 9.10. The standard InChI is InChI=1S/C7H6Br2O3S/c1-5-2-3-7(6(8)4-5)13(10,11)12-9/h2-4H,1H3. The van der Waals surface area contributed by atoms with Crippen LogP contribution < -0.4 is 0 Å². The van der Waals surface area contributed by atoms with Crippen LogP contribution in [-0.2, 0) is 13.4 Å². The van der Waals surface area contributed by atoms with Gasteiger partial charge in [0.1, 0.15) is 21.2 Å². The number of halogens is 2. The summed E-state index contributed by atoms with van der Waals surface area (Å²) in [5.74, 6) is 0. The van der Waals surface area contributed by atoms with E-state index in [2.05, 4.69) is 35.5 Å². The van der Waals surface area contributed by atoms with E-state index in [9.17, 15) is 8.42 Å². The Labute approximate surface area is 93.8 Å². The second kappa shape index (κ2) is 4.08. The van der Waals surface area contributed by atoms with Crippen molar-refractivity contribution in [2.75, 3.05) is 0 Å². The summed E-state index contributed by atoms with van der Waals surface area (Å²) < 4.78 is 27.2. The molecule has 0 unspecified atom stereocenters. The Morgan fingerprint density at radius 2 is 2.00 bits per heavy atom. The van der Waals surface area contributed by atoms with Crippen LogP contribution in [0.25, 0.3) is 0 Å². The summed E-state index contributed by atoms with van der Waals surface area (Å²) in [7, 11) is -3.68. The average molecular weight is 330 g/mol. The molecule has 0 amide bonds. The van der Waals surface area contributed by atoms with E-state index in [1.165, 1.54) is 6.07 Å². The fraction of sp³-hybridized carbons (Fsp3) is 0.143. The summed E-state index contributed by atoms with van der Waals surface area (Å²) >= 11 is 5.60. The van der Waals surface area contributed by atoms with Gasteiger partial charge in [0.25, 0.3) is 0 Å². The Kier molecular flexibility index (Phi) is 3.50. The highest BCUT2D eigenvalue weighted by Crippen LogP contribution is 2.25. The first-order valence-corrected chi connectivity index (χ1v) is 6.13. The van der Waals surface area contributed by atoms with Crippen LogP contribution in [0.1, 0.15) is 5.56 Å². The van der Waals surface area contributed by atoms with E-state index in [4.69, 9.17) is 0 Å². The predicted octanol–water partition coefficient (Wildman–Crippen LogP) is 2.77. The Bertz CT molecular complexity index is 414. The van der Waals surface area contributed by atoms with Gasteiger partial charge in [-0.3, -0.25) is 0 Å². The zero-order valence-electron chi connectivity index (χ0n) is 6.62. The van der Waals surface area contributed by atoms with Crippen molar-refractivity contribution in [2.24, 2.45) is 0 Å². The third-order valence-corrected chi connectivity index (χ3v) is 4.46. The van der Waals surface area contributed by atoms with E-state index in [0.29, 0.717) is 4.47 Å². The smallest absolute Gasteiger partial charge is 0.193 e. The minimum absolute atomic E-state index is 0.106. The van der Waals surface area contributed by atoms with E-state index in [-0.39, 0.29) is 4.90 Å². The molecule has 13 heavy (non-hydrogen) atoms. The summed E-state index contributed by atoms with van der Waals surface area (Å²) in [6, 6.07) is 4.89. The van der Waals surface area contributed by atoms with Crippen LogP contribution in [0.3, 0.4) is 0 Å². The lowest BCUT2D eigenvalue weighted by Gasteiger charge is -2.02. The van der Waals surface area contributed by atoms with Crippen molar-refractivity contribution in [3.05, 3.63) is 28.2 Å². The van der Waals surface area contributed by atoms with Crippen LogP contribution in [-0.4, -0.2) is 8.42 Å². The van der Waals surface area contributed by atoms with Crippen LogP contribution in [0.5, 0.6) is 0 Å². The van der Waals surface area contributed by atoms with Crippen molar-refractivity contribution in [3.63, 3.8) is 0 Å². The second-order valence-corrected chi connectivity index (χ2v) is 5.57. The van der Waals surface area contributed by atoms with E-state index < -0.39 is 10.1 Å². The molecule has 1 aromatic carbocycles. The molecule has 0 saturated heterocycles. The molecule has 0 bridgehead atoms. The topological polar surface area (TPSA) is 43.4 Å². The van der Waals surface area contributed by atoms with E-state index in [0.717, 1.165) is 5.56 Å². The number of hydrogen-bond acceptors (Lipinski definition) is 3. The Morgan fingerprint density at radius 1 is 1.38 bits per heavy atom. The fourth-order valence-corrected chi connectivity index (χ4v) is 2.96. The number of aryl methyl sites for hydroxylation is 1. The van der Waals surface area contributed by atoms with Gasteiger partial charge in [0.05, 0.1) is 0 Å². The van der Waals surface area contributed by atoms with Gasteiger partial charge in [0.2, 0.25) is 0 Å². The predicted molar refractivity (Wildman–Crippen MR) is 56.1 cm³/mol. The highest BCUT2D eigenvalue weighted by atomic mass is 79.9. The zero-order valence-corrected chi connectivity index (χ0v) is 10.6. The monoisotopic (exact) mass is 328 g/mol. The molecule has 3 nitrogen and oxygen atoms in total. The lowest BCUT2D eigenvalue weighted by Crippen LogP contribution is -2.00. The molecule has 0 aromatic heterocycles. The molecule has 6 heteroatoms. The van der Waals surface area contributed by atoms with Crippen LogP contribution in [0, 0.1) is 6.92 Å². The third kappa shape index (κ3) is 2.52. The van der Waals surface area contributed by atoms with Crippen molar-refractivity contribution in [1.82, 2.24) is 0 Å². The average Bonchev–Trinajstić information content (AvgIpc) is 2.03. The molecule has 0 atom stereocenters. The number of benzene rings is 1. The van der Waals surface area contributed by atoms with Crippen molar-refractivity contribution >= 4 is 42.3 Å². The minimum Gasteiger partial charge on any atom is -0.193 e. The molecule has 72 valence electrons. The SMILES string of the molecule is Cc1ccc(S(=O)(=O)OBr)c(Br)c1. The number of rotatable bonds is 2. The van der Waals surface area contributed by atoms with Gasteiger partial charge in [0, 0.05) is 4.47 Å². The van der Waals surface area contributed by atoms with Gasteiger partial charge in [-0.15, -0.1) is 0 Å². The fourth-order valence-electron chi connectivity index (χ4n) is 0.843. The summed E-state index contributed by atoms with van der Waals surface area (Å²) in [5, 5.41) is 0. The van der Waals surface area contributed by atoms with Gasteiger partial charge in [0.15, 0.2) is 0 Å². The lowest BCUT2D eigenvalue weighted by atomic mass is 10.2. The summed E-state index contributed by atoms with van der Waals surface area (Å²) in [4.78, 5) is 0.106. The molecule has 0 aliphatic rings. The summed E-state index contributed by atoms with van der Waals surface area (Å²) in [6.07, 6.45) is 0. The minimum atomic E-state index is -3.68. The normalized spacial score (nSPS) is 11.6. The quantitative estimate of drug-likeness (QED) is 0.838. The van der Waals surface area contributed by atoms with Gasteiger partial charge < -0.3 is 0 Å². The molecule has 0 radical (unpaired) electrons. The molecule has 1 rings (SSSR count). The van der Waals surface area contributed by atoms with Gasteiger partial charge >= 0.3 is 10.1 Å². The molecule has 0 N–H and O–H groups in total. The lowest BCUT2D eigenvalue weighted by molar-refractivity contribution is 0.526.